The summed E-state index contributed by atoms with van der Waals surface area (Å²) in [5.74, 6) is 2.15. The van der Waals surface area contributed by atoms with Gasteiger partial charge in [-0.05, 0) is 32.1 Å². The lowest BCUT2D eigenvalue weighted by molar-refractivity contribution is 0.457. The molecule has 4 nitrogen and oxygen atoms in total. The van der Waals surface area contributed by atoms with Crippen molar-refractivity contribution in [2.24, 2.45) is 0 Å². The molecule has 0 aliphatic heterocycles. The van der Waals surface area contributed by atoms with Crippen molar-refractivity contribution in [1.29, 1.82) is 0 Å². The van der Waals surface area contributed by atoms with E-state index in [1.165, 1.54) is 4.90 Å². The first-order chi connectivity index (χ1) is 8.88. The van der Waals surface area contributed by atoms with Gasteiger partial charge in [0.05, 0.1) is 5.75 Å². The molecule has 5 heteroatoms. The molecule has 0 radical (unpaired) electrons. The van der Waals surface area contributed by atoms with Crippen LogP contribution in [-0.4, -0.2) is 23.8 Å². The Hall–Kier alpha value is -1.33. The highest BCUT2D eigenvalue weighted by molar-refractivity contribution is 7.98. The lowest BCUT2D eigenvalue weighted by Crippen LogP contribution is -2.08. The number of aromatic nitrogens is 2. The van der Waals surface area contributed by atoms with E-state index in [1.807, 2.05) is 25.2 Å². The topological polar surface area (TPSA) is 51.0 Å². The van der Waals surface area contributed by atoms with Crippen molar-refractivity contribution in [2.45, 2.75) is 23.5 Å². The van der Waals surface area contributed by atoms with Crippen molar-refractivity contribution < 1.29 is 4.42 Å². The van der Waals surface area contributed by atoms with Gasteiger partial charge in [-0.1, -0.05) is 18.2 Å². The van der Waals surface area contributed by atoms with Crippen LogP contribution < -0.4 is 5.32 Å². The molecular weight excluding hydrogens is 246 g/mol. The molecule has 0 fully saturated rings. The maximum atomic E-state index is 5.58. The van der Waals surface area contributed by atoms with Crippen LogP contribution in [0.3, 0.4) is 0 Å². The number of nitrogens with one attached hydrogen (secondary N) is 1. The fourth-order valence-electron chi connectivity index (χ4n) is 1.53. The van der Waals surface area contributed by atoms with Crippen molar-refractivity contribution in [1.82, 2.24) is 15.5 Å². The molecule has 0 bridgehead atoms. The molecule has 0 aliphatic rings. The van der Waals surface area contributed by atoms with Crippen molar-refractivity contribution in [2.75, 3.05) is 13.6 Å². The average molecular weight is 263 g/mol. The molecule has 0 spiro atoms. The van der Waals surface area contributed by atoms with Crippen LogP contribution in [0.25, 0.3) is 0 Å². The van der Waals surface area contributed by atoms with Crippen molar-refractivity contribution in [3.8, 4) is 0 Å². The highest BCUT2D eigenvalue weighted by Crippen LogP contribution is 2.21. The fraction of sp³-hybridized carbons (Fsp3) is 0.385. The van der Waals surface area contributed by atoms with Gasteiger partial charge < -0.3 is 9.73 Å². The summed E-state index contributed by atoms with van der Waals surface area (Å²) >= 11 is 1.71. The molecule has 0 aliphatic carbocycles. The zero-order valence-electron chi connectivity index (χ0n) is 10.4. The van der Waals surface area contributed by atoms with E-state index in [1.54, 1.807) is 11.8 Å². The van der Waals surface area contributed by atoms with Gasteiger partial charge in [0, 0.05) is 11.3 Å². The predicted molar refractivity (Wildman–Crippen MR) is 72.5 cm³/mol. The third-order valence-electron chi connectivity index (χ3n) is 2.43. The Kier molecular flexibility index (Phi) is 5.23. The van der Waals surface area contributed by atoms with Crippen LogP contribution in [0.5, 0.6) is 0 Å². The molecule has 0 unspecified atom stereocenters. The second-order valence-corrected chi connectivity index (χ2v) is 4.95. The minimum Gasteiger partial charge on any atom is -0.424 e. The highest BCUT2D eigenvalue weighted by atomic mass is 32.2. The number of thioether (sulfide) groups is 1. The number of benzene rings is 1. The number of aryl methyl sites for hydroxylation is 1. The Labute approximate surface area is 111 Å². The summed E-state index contributed by atoms with van der Waals surface area (Å²) < 4.78 is 5.58. The molecule has 0 amide bonds. The minimum atomic E-state index is 0.698. The average Bonchev–Trinajstić information content (AvgIpc) is 2.86. The third-order valence-corrected chi connectivity index (χ3v) is 3.43. The maximum absolute atomic E-state index is 5.58. The Morgan fingerprint density at radius 2 is 1.94 bits per heavy atom. The van der Waals surface area contributed by atoms with Gasteiger partial charge in [0.25, 0.3) is 0 Å². The first-order valence-electron chi connectivity index (χ1n) is 6.02. The van der Waals surface area contributed by atoms with Crippen LogP contribution in [-0.2, 0) is 12.2 Å². The SMILES string of the molecule is CNCCCc1nnc(CSc2ccccc2)o1. The Balaban J connectivity index is 1.80. The zero-order valence-corrected chi connectivity index (χ0v) is 11.2. The molecule has 1 aromatic carbocycles. The van der Waals surface area contributed by atoms with Crippen molar-refractivity contribution >= 4 is 11.8 Å². The molecule has 0 atom stereocenters. The normalized spacial score (nSPS) is 10.7. The summed E-state index contributed by atoms with van der Waals surface area (Å²) in [6, 6.07) is 10.2. The molecule has 0 saturated carbocycles. The quantitative estimate of drug-likeness (QED) is 0.614. The second-order valence-electron chi connectivity index (χ2n) is 3.90. The summed E-state index contributed by atoms with van der Waals surface area (Å²) in [4.78, 5) is 1.22. The van der Waals surface area contributed by atoms with Gasteiger partial charge in [-0.3, -0.25) is 0 Å². The van der Waals surface area contributed by atoms with E-state index in [0.717, 1.165) is 31.0 Å². The molecule has 1 aromatic heterocycles. The molecule has 0 saturated heterocycles. The molecule has 1 heterocycles. The van der Waals surface area contributed by atoms with E-state index >= 15 is 0 Å². The van der Waals surface area contributed by atoms with E-state index in [4.69, 9.17) is 4.42 Å². The van der Waals surface area contributed by atoms with Gasteiger partial charge in [0.2, 0.25) is 11.8 Å². The summed E-state index contributed by atoms with van der Waals surface area (Å²) in [6.45, 7) is 0.969. The summed E-state index contributed by atoms with van der Waals surface area (Å²) in [7, 11) is 1.94. The second kappa shape index (κ2) is 7.18. The van der Waals surface area contributed by atoms with Gasteiger partial charge in [0.1, 0.15) is 0 Å². The van der Waals surface area contributed by atoms with Crippen LogP contribution in [0, 0.1) is 0 Å². The van der Waals surface area contributed by atoms with Gasteiger partial charge in [-0.2, -0.15) is 0 Å². The smallest absolute Gasteiger partial charge is 0.226 e. The number of rotatable bonds is 7. The summed E-state index contributed by atoms with van der Waals surface area (Å²) in [5.41, 5.74) is 0. The van der Waals surface area contributed by atoms with E-state index in [0.29, 0.717) is 5.89 Å². The summed E-state index contributed by atoms with van der Waals surface area (Å²) in [5, 5.41) is 11.2. The predicted octanol–water partition coefficient (Wildman–Crippen LogP) is 2.51. The Morgan fingerprint density at radius 1 is 1.17 bits per heavy atom. The standard InChI is InChI=1S/C13H17N3OS/c1-14-9-5-8-12-15-16-13(17-12)10-18-11-6-3-2-4-7-11/h2-4,6-7,14H,5,8-10H2,1H3. The lowest BCUT2D eigenvalue weighted by atomic mass is 10.3. The molecule has 1 N–H and O–H groups in total. The lowest BCUT2D eigenvalue weighted by Gasteiger charge is -1.97. The Bertz CT molecular complexity index is 458. The van der Waals surface area contributed by atoms with Gasteiger partial charge >= 0.3 is 0 Å². The first kappa shape index (κ1) is 13.1. The largest absolute Gasteiger partial charge is 0.424 e. The molecule has 2 rings (SSSR count). The molecule has 18 heavy (non-hydrogen) atoms. The number of hydrogen-bond acceptors (Lipinski definition) is 5. The molecule has 96 valence electrons. The maximum Gasteiger partial charge on any atom is 0.226 e. The van der Waals surface area contributed by atoms with Crippen molar-refractivity contribution in [3.05, 3.63) is 42.1 Å². The number of hydrogen-bond donors (Lipinski definition) is 1. The van der Waals surface area contributed by atoms with Crippen LogP contribution in [0.4, 0.5) is 0 Å². The van der Waals surface area contributed by atoms with Crippen LogP contribution in [0.1, 0.15) is 18.2 Å². The summed E-state index contributed by atoms with van der Waals surface area (Å²) in [6.07, 6.45) is 1.85. The van der Waals surface area contributed by atoms with Gasteiger partial charge in [-0.25, -0.2) is 0 Å². The van der Waals surface area contributed by atoms with Crippen LogP contribution in [0.2, 0.25) is 0 Å². The van der Waals surface area contributed by atoms with Gasteiger partial charge in [0.15, 0.2) is 0 Å². The fourth-order valence-corrected chi connectivity index (χ4v) is 2.28. The van der Waals surface area contributed by atoms with E-state index in [-0.39, 0.29) is 0 Å². The van der Waals surface area contributed by atoms with Crippen LogP contribution >= 0.6 is 11.8 Å². The highest BCUT2D eigenvalue weighted by Gasteiger charge is 2.06. The van der Waals surface area contributed by atoms with E-state index in [9.17, 15) is 0 Å². The molecular formula is C13H17N3OS. The molecule has 2 aromatic rings. The van der Waals surface area contributed by atoms with Gasteiger partial charge in [-0.15, -0.1) is 22.0 Å². The monoisotopic (exact) mass is 263 g/mol. The van der Waals surface area contributed by atoms with E-state index < -0.39 is 0 Å². The van der Waals surface area contributed by atoms with E-state index in [2.05, 4.69) is 27.6 Å². The third kappa shape index (κ3) is 4.16. The van der Waals surface area contributed by atoms with Crippen molar-refractivity contribution in [3.63, 3.8) is 0 Å². The zero-order chi connectivity index (χ0) is 12.6. The Morgan fingerprint density at radius 3 is 2.72 bits per heavy atom. The number of nitrogens with zero attached hydrogens (tertiary/aromatic N) is 2. The first-order valence-corrected chi connectivity index (χ1v) is 7.01. The van der Waals surface area contributed by atoms with Crippen LogP contribution in [0.15, 0.2) is 39.6 Å². The minimum absolute atomic E-state index is 0.698.